The van der Waals surface area contributed by atoms with E-state index < -0.39 is 71.2 Å². The fourth-order valence-electron chi connectivity index (χ4n) is 2.46. The molecule has 2 heterocycles. The Morgan fingerprint density at radius 1 is 1.23 bits per heavy atom. The van der Waals surface area contributed by atoms with E-state index in [-0.39, 0.29) is 0 Å². The van der Waals surface area contributed by atoms with Crippen LogP contribution in [-0.4, -0.2) is 65.4 Å². The Labute approximate surface area is 175 Å². The Morgan fingerprint density at radius 2 is 1.84 bits per heavy atom. The molecule has 1 aliphatic heterocycles. The number of H-pyrrole nitrogens is 1. The van der Waals surface area contributed by atoms with Crippen molar-refractivity contribution in [1.29, 1.82) is 0 Å². The van der Waals surface area contributed by atoms with Crippen LogP contribution in [0.25, 0.3) is 0 Å². The highest BCUT2D eigenvalue weighted by Crippen LogP contribution is 2.66. The summed E-state index contributed by atoms with van der Waals surface area (Å²) in [5.74, 6) is 0. The number of aromatic amines is 1. The molecule has 0 amide bonds. The largest absolute Gasteiger partial charge is 0.490 e. The minimum absolute atomic E-state index is 0.409. The zero-order valence-corrected chi connectivity index (χ0v) is 18.3. The lowest BCUT2D eigenvalue weighted by atomic mass is 9.97. The van der Waals surface area contributed by atoms with Crippen molar-refractivity contribution in [2.24, 2.45) is 0 Å². The first-order chi connectivity index (χ1) is 14.0. The van der Waals surface area contributed by atoms with Gasteiger partial charge in [-0.05, 0) is 12.2 Å². The van der Waals surface area contributed by atoms with Crippen molar-refractivity contribution in [2.75, 3.05) is 13.3 Å². The minimum atomic E-state index is -5.80. The zero-order valence-electron chi connectivity index (χ0n) is 14.8. The van der Waals surface area contributed by atoms with Crippen molar-refractivity contribution < 1.29 is 65.0 Å². The van der Waals surface area contributed by atoms with Crippen LogP contribution in [0, 0.1) is 4.77 Å². The minimum Gasteiger partial charge on any atom is -0.387 e. The standard InChI is InChI=1S/C10H15F2N2O13P3S/c11-4-10(12)7(16)5(25-8(10)14-2-1-6(15)13-9(14)31)3-24-29(20,21)27-30(22,23)26-28(17,18)19/h1-2,5,7-8,16H,3-4H2,(H,20,21)(H,22,23)(H,13,15,31)(H2,17,18,19)/t5-,7+,8-,10?/m1/s1. The van der Waals surface area contributed by atoms with Crippen molar-refractivity contribution in [3.05, 3.63) is 27.4 Å². The number of halogens is 2. The molecule has 1 aromatic heterocycles. The van der Waals surface area contributed by atoms with Crippen molar-refractivity contribution in [3.8, 4) is 0 Å². The predicted molar refractivity (Wildman–Crippen MR) is 95.4 cm³/mol. The van der Waals surface area contributed by atoms with Crippen LogP contribution in [0.2, 0.25) is 0 Å². The number of aliphatic hydroxyl groups excluding tert-OH is 1. The summed E-state index contributed by atoms with van der Waals surface area (Å²) in [6.07, 6.45) is -5.23. The molecule has 0 radical (unpaired) electrons. The maximum Gasteiger partial charge on any atom is 0.490 e. The normalized spacial score (nSPS) is 30.6. The molecule has 1 aliphatic rings. The van der Waals surface area contributed by atoms with Crippen LogP contribution in [0.15, 0.2) is 17.1 Å². The molecule has 6 N–H and O–H groups in total. The fourth-order valence-corrected chi connectivity index (χ4v) is 5.75. The van der Waals surface area contributed by atoms with Crippen molar-refractivity contribution in [2.45, 2.75) is 24.1 Å². The lowest BCUT2D eigenvalue weighted by molar-refractivity contribution is -0.0721. The lowest BCUT2D eigenvalue weighted by Crippen LogP contribution is -2.45. The molecule has 0 aromatic carbocycles. The smallest absolute Gasteiger partial charge is 0.387 e. The molecule has 0 saturated carbocycles. The quantitative estimate of drug-likeness (QED) is 0.184. The van der Waals surface area contributed by atoms with Gasteiger partial charge in [0, 0.05) is 12.3 Å². The number of phosphoric ester groups is 1. The highest BCUT2D eigenvalue weighted by molar-refractivity contribution is 7.71. The monoisotopic (exact) mass is 534 g/mol. The SMILES string of the molecule is O=c1ccn([C@@H]2O[C@H](COP(=O)(O)OP(=O)(O)OP(=O)(O)O)[C@H](O)C2(F)CF)c(=S)[nH]1. The lowest BCUT2D eigenvalue weighted by Gasteiger charge is -2.26. The molecule has 2 rings (SSSR count). The molecule has 1 saturated heterocycles. The average molecular weight is 534 g/mol. The molecule has 178 valence electrons. The van der Waals surface area contributed by atoms with E-state index in [1.54, 1.807) is 0 Å². The summed E-state index contributed by atoms with van der Waals surface area (Å²) in [6.45, 7) is -3.06. The second-order valence-corrected chi connectivity index (χ2v) is 10.7. The number of hydrogen-bond acceptors (Lipinski definition) is 10. The van der Waals surface area contributed by atoms with Gasteiger partial charge in [-0.15, -0.1) is 0 Å². The van der Waals surface area contributed by atoms with E-state index in [0.29, 0.717) is 0 Å². The van der Waals surface area contributed by atoms with Gasteiger partial charge in [0.05, 0.1) is 6.61 Å². The van der Waals surface area contributed by atoms with E-state index in [0.717, 1.165) is 16.8 Å². The van der Waals surface area contributed by atoms with Gasteiger partial charge < -0.3 is 29.4 Å². The number of alkyl halides is 2. The molecule has 3 unspecified atom stereocenters. The summed E-state index contributed by atoms with van der Waals surface area (Å²) in [5.41, 5.74) is -3.84. The summed E-state index contributed by atoms with van der Waals surface area (Å²) in [5, 5.41) is 10.1. The Morgan fingerprint density at radius 3 is 2.35 bits per heavy atom. The number of hydrogen-bond donors (Lipinski definition) is 6. The predicted octanol–water partition coefficient (Wildman–Crippen LogP) is 0.185. The topological polar surface area (TPSA) is 227 Å². The number of aromatic nitrogens is 2. The third-order valence-corrected chi connectivity index (χ3v) is 7.80. The first kappa shape index (κ1) is 26.5. The van der Waals surface area contributed by atoms with Crippen LogP contribution < -0.4 is 5.56 Å². The van der Waals surface area contributed by atoms with E-state index >= 15 is 4.39 Å². The second-order valence-electron chi connectivity index (χ2n) is 5.94. The van der Waals surface area contributed by atoms with E-state index in [1.807, 2.05) is 0 Å². The second kappa shape index (κ2) is 9.27. The van der Waals surface area contributed by atoms with Crippen LogP contribution in [0.1, 0.15) is 6.23 Å². The Bertz CT molecular complexity index is 1080. The van der Waals surface area contributed by atoms with Gasteiger partial charge in [0.15, 0.2) is 11.0 Å². The van der Waals surface area contributed by atoms with E-state index in [1.165, 1.54) is 0 Å². The van der Waals surface area contributed by atoms with Crippen molar-refractivity contribution >= 4 is 35.7 Å². The van der Waals surface area contributed by atoms with Crippen LogP contribution in [0.3, 0.4) is 0 Å². The van der Waals surface area contributed by atoms with Crippen LogP contribution in [-0.2, 0) is 31.6 Å². The molecular formula is C10H15F2N2O13P3S. The number of phosphoric acid groups is 3. The van der Waals surface area contributed by atoms with Crippen molar-refractivity contribution in [3.63, 3.8) is 0 Å². The Balaban J connectivity index is 2.18. The molecular weight excluding hydrogens is 519 g/mol. The number of ether oxygens (including phenoxy) is 1. The Hall–Kier alpha value is -0.710. The van der Waals surface area contributed by atoms with E-state index in [2.05, 4.69) is 18.1 Å². The van der Waals surface area contributed by atoms with Gasteiger partial charge in [-0.2, -0.15) is 8.62 Å². The van der Waals surface area contributed by atoms with Crippen LogP contribution in [0.5, 0.6) is 0 Å². The summed E-state index contributed by atoms with van der Waals surface area (Å²) in [7, 11) is -17.0. The first-order valence-electron chi connectivity index (χ1n) is 7.68. The molecule has 0 aliphatic carbocycles. The number of nitrogens with zero attached hydrogens (tertiary/aromatic N) is 1. The van der Waals surface area contributed by atoms with E-state index in [9.17, 15) is 32.9 Å². The summed E-state index contributed by atoms with van der Waals surface area (Å²) in [6, 6.07) is 0.892. The molecule has 0 bridgehead atoms. The molecule has 6 atom stereocenters. The van der Waals surface area contributed by atoms with E-state index in [4.69, 9.17) is 31.6 Å². The molecule has 31 heavy (non-hydrogen) atoms. The maximum absolute atomic E-state index is 15.1. The summed E-state index contributed by atoms with van der Waals surface area (Å²) in [4.78, 5) is 48.7. The van der Waals surface area contributed by atoms with Gasteiger partial charge in [0.1, 0.15) is 18.9 Å². The number of rotatable bonds is 9. The number of nitrogens with one attached hydrogen (secondary N) is 1. The van der Waals surface area contributed by atoms with Gasteiger partial charge >= 0.3 is 23.5 Å². The van der Waals surface area contributed by atoms with Crippen molar-refractivity contribution in [1.82, 2.24) is 9.55 Å². The van der Waals surface area contributed by atoms with Gasteiger partial charge in [0.25, 0.3) is 5.56 Å². The third kappa shape index (κ3) is 6.65. The maximum atomic E-state index is 15.1. The summed E-state index contributed by atoms with van der Waals surface area (Å²) < 4.78 is 78.8. The van der Waals surface area contributed by atoms with Crippen LogP contribution >= 0.6 is 35.7 Å². The molecule has 1 fully saturated rings. The van der Waals surface area contributed by atoms with Gasteiger partial charge in [-0.1, -0.05) is 0 Å². The fraction of sp³-hybridized carbons (Fsp3) is 0.600. The van der Waals surface area contributed by atoms with Gasteiger partial charge in [-0.25, -0.2) is 22.5 Å². The highest BCUT2D eigenvalue weighted by Gasteiger charge is 2.59. The first-order valence-corrected chi connectivity index (χ1v) is 12.6. The van der Waals surface area contributed by atoms with Gasteiger partial charge in [0.2, 0.25) is 5.67 Å². The Kier molecular flexibility index (Phi) is 7.94. The molecule has 0 spiro atoms. The molecule has 1 aromatic rings. The third-order valence-electron chi connectivity index (χ3n) is 3.68. The average Bonchev–Trinajstić information content (AvgIpc) is 2.82. The zero-order chi connectivity index (χ0) is 23.8. The number of aliphatic hydroxyl groups is 1. The molecule has 21 heteroatoms. The summed E-state index contributed by atoms with van der Waals surface area (Å²) >= 11 is 4.82. The van der Waals surface area contributed by atoms with Crippen LogP contribution in [0.4, 0.5) is 8.78 Å². The van der Waals surface area contributed by atoms with Gasteiger partial charge in [-0.3, -0.25) is 18.9 Å². The highest BCUT2D eigenvalue weighted by atomic mass is 32.1. The molecule has 15 nitrogen and oxygen atoms in total.